The van der Waals surface area contributed by atoms with Crippen LogP contribution in [0.4, 0.5) is 5.69 Å². The second kappa shape index (κ2) is 9.22. The molecule has 0 radical (unpaired) electrons. The van der Waals surface area contributed by atoms with Crippen LogP contribution in [0.1, 0.15) is 33.1 Å². The van der Waals surface area contributed by atoms with Crippen LogP contribution in [0.2, 0.25) is 0 Å². The van der Waals surface area contributed by atoms with Crippen molar-refractivity contribution in [2.75, 3.05) is 18.5 Å². The van der Waals surface area contributed by atoms with E-state index in [9.17, 15) is 19.5 Å². The SMILES string of the molecule is CC(C)CC(CNC(=O)COc1cccc(NC(=O)C2CC2)c1)C(=O)O. The summed E-state index contributed by atoms with van der Waals surface area (Å²) in [6, 6.07) is 6.85. The van der Waals surface area contributed by atoms with Gasteiger partial charge < -0.3 is 20.5 Å². The maximum absolute atomic E-state index is 11.9. The third kappa shape index (κ3) is 6.74. The third-order valence-corrected chi connectivity index (χ3v) is 4.07. The Balaban J connectivity index is 1.77. The van der Waals surface area contributed by atoms with E-state index in [1.807, 2.05) is 13.8 Å². The van der Waals surface area contributed by atoms with Crippen molar-refractivity contribution in [1.29, 1.82) is 0 Å². The molecule has 0 spiro atoms. The molecule has 1 aliphatic rings. The van der Waals surface area contributed by atoms with Crippen LogP contribution in [0, 0.1) is 17.8 Å². The first kappa shape index (κ1) is 19.8. The van der Waals surface area contributed by atoms with Gasteiger partial charge in [-0.2, -0.15) is 0 Å². The molecule has 0 aliphatic heterocycles. The zero-order valence-corrected chi connectivity index (χ0v) is 15.2. The van der Waals surface area contributed by atoms with E-state index in [1.54, 1.807) is 24.3 Å². The fraction of sp³-hybridized carbons (Fsp3) is 0.526. The minimum atomic E-state index is -0.918. The number of carboxylic acids is 1. The van der Waals surface area contributed by atoms with Crippen LogP contribution in [-0.4, -0.2) is 36.0 Å². The van der Waals surface area contributed by atoms with Crippen LogP contribution < -0.4 is 15.4 Å². The van der Waals surface area contributed by atoms with E-state index in [1.165, 1.54) is 0 Å². The summed E-state index contributed by atoms with van der Waals surface area (Å²) in [5, 5.41) is 14.6. The van der Waals surface area contributed by atoms with Crippen molar-refractivity contribution < 1.29 is 24.2 Å². The second-order valence-corrected chi connectivity index (χ2v) is 7.05. The van der Waals surface area contributed by atoms with Crippen molar-refractivity contribution in [3.05, 3.63) is 24.3 Å². The van der Waals surface area contributed by atoms with E-state index in [2.05, 4.69) is 10.6 Å². The largest absolute Gasteiger partial charge is 0.484 e. The molecule has 1 saturated carbocycles. The number of rotatable bonds is 10. The number of amides is 2. The Hall–Kier alpha value is -2.57. The summed E-state index contributed by atoms with van der Waals surface area (Å²) in [6.07, 6.45) is 2.35. The Morgan fingerprint density at radius 2 is 2.00 bits per heavy atom. The molecule has 2 rings (SSSR count). The maximum Gasteiger partial charge on any atom is 0.308 e. The Morgan fingerprint density at radius 1 is 1.27 bits per heavy atom. The summed E-state index contributed by atoms with van der Waals surface area (Å²) in [6.45, 7) is 3.74. The van der Waals surface area contributed by atoms with Crippen LogP contribution in [0.3, 0.4) is 0 Å². The van der Waals surface area contributed by atoms with Gasteiger partial charge in [-0.05, 0) is 37.3 Å². The molecular weight excluding hydrogens is 336 g/mol. The molecule has 0 heterocycles. The van der Waals surface area contributed by atoms with Crippen LogP contribution in [0.5, 0.6) is 5.75 Å². The number of hydrogen-bond acceptors (Lipinski definition) is 4. The monoisotopic (exact) mass is 362 g/mol. The first-order valence-electron chi connectivity index (χ1n) is 8.88. The smallest absolute Gasteiger partial charge is 0.308 e. The summed E-state index contributed by atoms with van der Waals surface area (Å²) in [4.78, 5) is 34.8. The van der Waals surface area contributed by atoms with Gasteiger partial charge in [-0.1, -0.05) is 19.9 Å². The van der Waals surface area contributed by atoms with Gasteiger partial charge in [-0.25, -0.2) is 0 Å². The molecule has 1 aromatic rings. The van der Waals surface area contributed by atoms with E-state index >= 15 is 0 Å². The number of aliphatic carboxylic acids is 1. The number of benzene rings is 1. The van der Waals surface area contributed by atoms with E-state index in [0.717, 1.165) is 12.8 Å². The van der Waals surface area contributed by atoms with Gasteiger partial charge in [0.2, 0.25) is 5.91 Å². The van der Waals surface area contributed by atoms with Crippen molar-refractivity contribution >= 4 is 23.5 Å². The van der Waals surface area contributed by atoms with Crippen molar-refractivity contribution in [1.82, 2.24) is 5.32 Å². The number of hydrogen-bond donors (Lipinski definition) is 3. The van der Waals surface area contributed by atoms with Crippen LogP contribution in [0.25, 0.3) is 0 Å². The van der Waals surface area contributed by atoms with E-state index in [-0.39, 0.29) is 36.8 Å². The third-order valence-electron chi connectivity index (χ3n) is 4.07. The number of ether oxygens (including phenoxy) is 1. The molecule has 1 unspecified atom stereocenters. The lowest BCUT2D eigenvalue weighted by molar-refractivity contribution is -0.142. The zero-order chi connectivity index (χ0) is 19.1. The first-order valence-corrected chi connectivity index (χ1v) is 8.88. The molecule has 1 aromatic carbocycles. The molecule has 7 nitrogen and oxygen atoms in total. The fourth-order valence-electron chi connectivity index (χ4n) is 2.53. The van der Waals surface area contributed by atoms with Gasteiger partial charge in [0, 0.05) is 24.2 Å². The molecule has 0 saturated heterocycles. The Morgan fingerprint density at radius 3 is 2.62 bits per heavy atom. The average molecular weight is 362 g/mol. The Labute approximate surface area is 153 Å². The molecular formula is C19H26N2O5. The molecule has 1 aliphatic carbocycles. The van der Waals surface area contributed by atoms with Gasteiger partial charge in [0.15, 0.2) is 6.61 Å². The standard InChI is InChI=1S/C19H26N2O5/c1-12(2)8-14(19(24)25)10-20-17(22)11-26-16-5-3-4-15(9-16)21-18(23)13-6-7-13/h3-5,9,12-14H,6-8,10-11H2,1-2H3,(H,20,22)(H,21,23)(H,24,25). The molecule has 2 amide bonds. The van der Waals surface area contributed by atoms with Gasteiger partial charge >= 0.3 is 5.97 Å². The second-order valence-electron chi connectivity index (χ2n) is 7.05. The van der Waals surface area contributed by atoms with Crippen LogP contribution in [-0.2, 0) is 14.4 Å². The molecule has 142 valence electrons. The van der Waals surface area contributed by atoms with Gasteiger partial charge in [0.25, 0.3) is 5.91 Å². The average Bonchev–Trinajstić information content (AvgIpc) is 3.41. The molecule has 1 fully saturated rings. The summed E-state index contributed by atoms with van der Waals surface area (Å²) in [5.41, 5.74) is 0.627. The Kier molecular flexibility index (Phi) is 7.00. The number of nitrogens with one attached hydrogen (secondary N) is 2. The highest BCUT2D eigenvalue weighted by Crippen LogP contribution is 2.30. The minimum absolute atomic E-state index is 0.00441. The lowest BCUT2D eigenvalue weighted by Gasteiger charge is -2.15. The predicted octanol–water partition coefficient (Wildman–Crippen LogP) is 2.28. The number of carboxylic acid groups (broad SMARTS) is 1. The highest BCUT2D eigenvalue weighted by Gasteiger charge is 2.29. The first-order chi connectivity index (χ1) is 12.3. The molecule has 0 bridgehead atoms. The number of carbonyl (C=O) groups excluding carboxylic acids is 2. The fourth-order valence-corrected chi connectivity index (χ4v) is 2.53. The summed E-state index contributed by atoms with van der Waals surface area (Å²) >= 11 is 0. The topological polar surface area (TPSA) is 105 Å². The molecule has 7 heteroatoms. The van der Waals surface area contributed by atoms with E-state index in [4.69, 9.17) is 4.74 Å². The summed E-state index contributed by atoms with van der Waals surface area (Å²) in [5.74, 6) is -1.10. The van der Waals surface area contributed by atoms with Gasteiger partial charge in [-0.15, -0.1) is 0 Å². The highest BCUT2D eigenvalue weighted by atomic mass is 16.5. The van der Waals surface area contributed by atoms with Crippen molar-refractivity contribution in [3.8, 4) is 5.75 Å². The predicted molar refractivity (Wildman–Crippen MR) is 96.9 cm³/mol. The lowest BCUT2D eigenvalue weighted by atomic mass is 9.97. The van der Waals surface area contributed by atoms with Crippen LogP contribution >= 0.6 is 0 Å². The quantitative estimate of drug-likeness (QED) is 0.592. The Bertz CT molecular complexity index is 655. The minimum Gasteiger partial charge on any atom is -0.484 e. The maximum atomic E-state index is 11.9. The van der Waals surface area contributed by atoms with E-state index in [0.29, 0.717) is 17.9 Å². The van der Waals surface area contributed by atoms with Crippen LogP contribution in [0.15, 0.2) is 24.3 Å². The molecule has 26 heavy (non-hydrogen) atoms. The van der Waals surface area contributed by atoms with Gasteiger partial charge in [-0.3, -0.25) is 14.4 Å². The molecule has 1 atom stereocenters. The van der Waals surface area contributed by atoms with E-state index < -0.39 is 11.9 Å². The van der Waals surface area contributed by atoms with Crippen molar-refractivity contribution in [2.45, 2.75) is 33.1 Å². The summed E-state index contributed by atoms with van der Waals surface area (Å²) < 4.78 is 5.43. The zero-order valence-electron chi connectivity index (χ0n) is 15.2. The molecule has 3 N–H and O–H groups in total. The normalized spacial score (nSPS) is 14.6. The summed E-state index contributed by atoms with van der Waals surface area (Å²) in [7, 11) is 0. The number of anilines is 1. The van der Waals surface area contributed by atoms with Gasteiger partial charge in [0.1, 0.15) is 5.75 Å². The van der Waals surface area contributed by atoms with Crippen molar-refractivity contribution in [3.63, 3.8) is 0 Å². The lowest BCUT2D eigenvalue weighted by Crippen LogP contribution is -2.36. The molecule has 0 aromatic heterocycles. The van der Waals surface area contributed by atoms with Gasteiger partial charge in [0.05, 0.1) is 5.92 Å². The van der Waals surface area contributed by atoms with Crippen molar-refractivity contribution in [2.24, 2.45) is 17.8 Å². The number of carbonyl (C=O) groups is 3. The highest BCUT2D eigenvalue weighted by molar-refractivity contribution is 5.94.